The van der Waals surface area contributed by atoms with Crippen molar-refractivity contribution in [3.63, 3.8) is 0 Å². The van der Waals surface area contributed by atoms with E-state index in [4.69, 9.17) is 0 Å². The highest BCUT2D eigenvalue weighted by molar-refractivity contribution is 7.26. The number of fused-ring (bicyclic) bond motifs is 3. The van der Waals surface area contributed by atoms with Crippen molar-refractivity contribution in [3.8, 4) is 11.3 Å². The van der Waals surface area contributed by atoms with Gasteiger partial charge in [-0.25, -0.2) is 4.39 Å². The lowest BCUT2D eigenvalue weighted by Gasteiger charge is -2.04. The summed E-state index contributed by atoms with van der Waals surface area (Å²) < 4.78 is 16.1. The van der Waals surface area contributed by atoms with Crippen molar-refractivity contribution in [1.29, 1.82) is 0 Å². The number of hydrogen-bond donors (Lipinski definition) is 0. The molecule has 0 aliphatic heterocycles. The van der Waals surface area contributed by atoms with E-state index in [1.54, 1.807) is 17.5 Å². The summed E-state index contributed by atoms with van der Waals surface area (Å²) >= 11 is 1.57. The van der Waals surface area contributed by atoms with Crippen molar-refractivity contribution in [1.82, 2.24) is 9.97 Å². The van der Waals surface area contributed by atoms with E-state index in [1.165, 1.54) is 11.8 Å². The van der Waals surface area contributed by atoms with E-state index in [1.807, 2.05) is 30.5 Å². The molecule has 0 fully saturated rings. The Morgan fingerprint density at radius 1 is 1.18 bits per heavy atom. The number of hydrogen-bond acceptors (Lipinski definition) is 3. The molecule has 0 atom stereocenters. The molecule has 0 radical (unpaired) electrons. The van der Waals surface area contributed by atoms with Crippen LogP contribution in [-0.4, -0.2) is 9.97 Å². The molecule has 0 N–H and O–H groups in total. The van der Waals surface area contributed by atoms with Crippen molar-refractivity contribution in [3.05, 3.63) is 60.3 Å². The summed E-state index contributed by atoms with van der Waals surface area (Å²) in [5.74, 6) is -0.267. The standard InChI is InChI=1S/C18H13FN2S/c1-2-11-6-7-21-15(8-11)12-4-3-5-13-17-14(19)9-20-10-16(17)22-18(12)13/h3-10H,2H2,1H3. The molecule has 0 aliphatic carbocycles. The van der Waals surface area contributed by atoms with Crippen LogP contribution in [0, 0.1) is 5.82 Å². The Kier molecular flexibility index (Phi) is 3.12. The maximum Gasteiger partial charge on any atom is 0.150 e. The number of nitrogens with zero attached hydrogens (tertiary/aromatic N) is 2. The molecule has 0 amide bonds. The van der Waals surface area contributed by atoms with E-state index < -0.39 is 0 Å². The highest BCUT2D eigenvalue weighted by Crippen LogP contribution is 2.39. The number of thiophene rings is 1. The predicted octanol–water partition coefficient (Wildman–Crippen LogP) is 5.21. The van der Waals surface area contributed by atoms with E-state index in [0.29, 0.717) is 5.39 Å². The molecular weight excluding hydrogens is 295 g/mol. The summed E-state index contributed by atoms with van der Waals surface area (Å²) in [7, 11) is 0. The highest BCUT2D eigenvalue weighted by atomic mass is 32.1. The summed E-state index contributed by atoms with van der Waals surface area (Å²) in [6.07, 6.45) is 5.80. The molecule has 3 aromatic heterocycles. The monoisotopic (exact) mass is 308 g/mol. The fourth-order valence-electron chi connectivity index (χ4n) is 2.75. The zero-order valence-electron chi connectivity index (χ0n) is 12.0. The minimum atomic E-state index is -0.267. The lowest BCUT2D eigenvalue weighted by atomic mass is 10.0. The molecule has 0 saturated carbocycles. The minimum Gasteiger partial charge on any atom is -0.260 e. The molecule has 0 bridgehead atoms. The predicted molar refractivity (Wildman–Crippen MR) is 89.7 cm³/mol. The summed E-state index contributed by atoms with van der Waals surface area (Å²) in [5, 5.41) is 1.59. The first-order chi connectivity index (χ1) is 10.8. The maximum absolute atomic E-state index is 14.1. The Morgan fingerprint density at radius 3 is 2.95 bits per heavy atom. The summed E-state index contributed by atoms with van der Waals surface area (Å²) in [5.41, 5.74) is 3.23. The van der Waals surface area contributed by atoms with Gasteiger partial charge in [-0.2, -0.15) is 0 Å². The van der Waals surface area contributed by atoms with Gasteiger partial charge in [-0.05, 0) is 24.1 Å². The first-order valence-electron chi connectivity index (χ1n) is 7.18. The minimum absolute atomic E-state index is 0.267. The molecule has 2 nitrogen and oxygen atoms in total. The second-order valence-electron chi connectivity index (χ2n) is 5.18. The maximum atomic E-state index is 14.1. The molecule has 4 rings (SSSR count). The fraction of sp³-hybridized carbons (Fsp3) is 0.111. The van der Waals surface area contributed by atoms with Crippen LogP contribution >= 0.6 is 11.3 Å². The number of benzene rings is 1. The van der Waals surface area contributed by atoms with Crippen molar-refractivity contribution in [2.24, 2.45) is 0 Å². The van der Waals surface area contributed by atoms with Gasteiger partial charge < -0.3 is 0 Å². The number of aromatic nitrogens is 2. The van der Waals surface area contributed by atoms with Gasteiger partial charge in [0.05, 0.1) is 16.6 Å². The van der Waals surface area contributed by atoms with E-state index in [9.17, 15) is 4.39 Å². The van der Waals surface area contributed by atoms with Gasteiger partial charge in [-0.3, -0.25) is 9.97 Å². The molecule has 4 heteroatoms. The van der Waals surface area contributed by atoms with Crippen LogP contribution in [0.5, 0.6) is 0 Å². The first-order valence-corrected chi connectivity index (χ1v) is 7.99. The third kappa shape index (κ3) is 1.99. The van der Waals surface area contributed by atoms with Crippen molar-refractivity contribution in [2.75, 3.05) is 0 Å². The van der Waals surface area contributed by atoms with Crippen LogP contribution in [0.2, 0.25) is 0 Å². The van der Waals surface area contributed by atoms with Crippen molar-refractivity contribution in [2.45, 2.75) is 13.3 Å². The number of pyridine rings is 2. The van der Waals surface area contributed by atoms with Crippen LogP contribution in [0.4, 0.5) is 4.39 Å². The van der Waals surface area contributed by atoms with Gasteiger partial charge in [0.1, 0.15) is 0 Å². The molecular formula is C18H13FN2S. The second kappa shape index (κ2) is 5.14. The Hall–Kier alpha value is -2.33. The highest BCUT2D eigenvalue weighted by Gasteiger charge is 2.14. The van der Waals surface area contributed by atoms with Gasteiger partial charge in [0.2, 0.25) is 0 Å². The zero-order chi connectivity index (χ0) is 15.1. The van der Waals surface area contributed by atoms with Crippen molar-refractivity contribution >= 4 is 31.5 Å². The van der Waals surface area contributed by atoms with Crippen LogP contribution in [0.15, 0.2) is 48.9 Å². The lowest BCUT2D eigenvalue weighted by Crippen LogP contribution is -1.87. The summed E-state index contributed by atoms with van der Waals surface area (Å²) in [6, 6.07) is 10.1. The van der Waals surface area contributed by atoms with Crippen molar-refractivity contribution < 1.29 is 4.39 Å². The average Bonchev–Trinajstić information content (AvgIpc) is 2.94. The number of halogens is 1. The van der Waals surface area contributed by atoms with Gasteiger partial charge >= 0.3 is 0 Å². The van der Waals surface area contributed by atoms with Gasteiger partial charge in [0.25, 0.3) is 0 Å². The Balaban J connectivity index is 2.06. The lowest BCUT2D eigenvalue weighted by molar-refractivity contribution is 0.635. The van der Waals surface area contributed by atoms with E-state index in [2.05, 4.69) is 23.0 Å². The fourth-order valence-corrected chi connectivity index (χ4v) is 3.96. The molecule has 0 saturated heterocycles. The molecule has 3 heterocycles. The molecule has 1 aromatic carbocycles. The van der Waals surface area contributed by atoms with Crippen LogP contribution in [0.3, 0.4) is 0 Å². The van der Waals surface area contributed by atoms with Gasteiger partial charge in [-0.15, -0.1) is 11.3 Å². The van der Waals surface area contributed by atoms with Gasteiger partial charge in [-0.1, -0.05) is 25.1 Å². The molecule has 4 aromatic rings. The second-order valence-corrected chi connectivity index (χ2v) is 6.23. The van der Waals surface area contributed by atoms with Crippen LogP contribution in [0.1, 0.15) is 12.5 Å². The topological polar surface area (TPSA) is 25.8 Å². The van der Waals surface area contributed by atoms with Gasteiger partial charge in [0, 0.05) is 33.4 Å². The van der Waals surface area contributed by atoms with Gasteiger partial charge in [0.15, 0.2) is 5.82 Å². The largest absolute Gasteiger partial charge is 0.260 e. The molecule has 22 heavy (non-hydrogen) atoms. The smallest absolute Gasteiger partial charge is 0.150 e. The Labute approximate surface area is 131 Å². The average molecular weight is 308 g/mol. The molecule has 108 valence electrons. The molecule has 0 aliphatic rings. The Morgan fingerprint density at radius 2 is 2.09 bits per heavy atom. The normalized spacial score (nSPS) is 11.4. The third-order valence-electron chi connectivity index (χ3n) is 3.87. The van der Waals surface area contributed by atoms with Crippen LogP contribution in [-0.2, 0) is 6.42 Å². The quantitative estimate of drug-likeness (QED) is 0.508. The summed E-state index contributed by atoms with van der Waals surface area (Å²) in [4.78, 5) is 8.45. The van der Waals surface area contributed by atoms with Crippen LogP contribution in [0.25, 0.3) is 31.4 Å². The SMILES string of the molecule is CCc1ccnc(-c2cccc3c2sc2cncc(F)c23)c1. The number of rotatable bonds is 2. The molecule has 0 unspecified atom stereocenters. The summed E-state index contributed by atoms with van der Waals surface area (Å²) in [6.45, 7) is 2.13. The first kappa shape index (κ1) is 13.3. The van der Waals surface area contributed by atoms with E-state index in [0.717, 1.165) is 32.5 Å². The van der Waals surface area contributed by atoms with Crippen LogP contribution < -0.4 is 0 Å². The Bertz CT molecular complexity index is 991. The van der Waals surface area contributed by atoms with E-state index in [-0.39, 0.29) is 5.82 Å². The third-order valence-corrected chi connectivity index (χ3v) is 5.04. The number of aryl methyl sites for hydroxylation is 1. The zero-order valence-corrected chi connectivity index (χ0v) is 12.8. The van der Waals surface area contributed by atoms with E-state index >= 15 is 0 Å². The molecule has 0 spiro atoms.